The summed E-state index contributed by atoms with van der Waals surface area (Å²) in [5.74, 6) is 0.303. The number of aromatic hydroxyl groups is 1. The fourth-order valence-corrected chi connectivity index (χ4v) is 4.44. The summed E-state index contributed by atoms with van der Waals surface area (Å²) in [6, 6.07) is 31.7. The van der Waals surface area contributed by atoms with Crippen LogP contribution in [0.2, 0.25) is 0 Å². The molecule has 0 aliphatic carbocycles. The number of phenolic OH excluding ortho intramolecular Hbond substituents is 1. The lowest BCUT2D eigenvalue weighted by Gasteiger charge is -2.13. The molecule has 6 aromatic carbocycles. The summed E-state index contributed by atoms with van der Waals surface area (Å²) in [7, 11) is 0. The van der Waals surface area contributed by atoms with Gasteiger partial charge < -0.3 is 5.11 Å². The van der Waals surface area contributed by atoms with Crippen molar-refractivity contribution in [3.05, 3.63) is 91.0 Å². The number of phenols is 1. The van der Waals surface area contributed by atoms with Crippen LogP contribution in [-0.2, 0) is 0 Å². The molecule has 1 N–H and O–H groups in total. The first-order chi connectivity index (χ1) is 13.3. The van der Waals surface area contributed by atoms with Crippen LogP contribution in [0.1, 0.15) is 0 Å². The zero-order valence-corrected chi connectivity index (χ0v) is 14.6. The van der Waals surface area contributed by atoms with E-state index in [2.05, 4.69) is 72.8 Å². The summed E-state index contributed by atoms with van der Waals surface area (Å²) in [5.41, 5.74) is 0. The topological polar surface area (TPSA) is 20.2 Å². The Morgan fingerprint density at radius 3 is 1.59 bits per heavy atom. The smallest absolute Gasteiger partial charge is 0.116 e. The molecule has 0 spiro atoms. The van der Waals surface area contributed by atoms with Gasteiger partial charge in [0.2, 0.25) is 0 Å². The van der Waals surface area contributed by atoms with Crippen LogP contribution < -0.4 is 0 Å². The molecule has 0 amide bonds. The van der Waals surface area contributed by atoms with E-state index < -0.39 is 0 Å². The second kappa shape index (κ2) is 5.21. The molecule has 0 fully saturated rings. The second-order valence-electron chi connectivity index (χ2n) is 7.18. The molecule has 0 heterocycles. The van der Waals surface area contributed by atoms with Gasteiger partial charge in [0.05, 0.1) is 0 Å². The summed E-state index contributed by atoms with van der Waals surface area (Å²) < 4.78 is 0. The van der Waals surface area contributed by atoms with Crippen molar-refractivity contribution in [2.45, 2.75) is 0 Å². The van der Waals surface area contributed by atoms with E-state index in [0.29, 0.717) is 5.75 Å². The molecular formula is C26H16O. The van der Waals surface area contributed by atoms with Crippen molar-refractivity contribution in [3.8, 4) is 5.75 Å². The number of hydrogen-bond donors (Lipinski definition) is 1. The molecule has 0 aliphatic rings. The molecule has 0 bridgehead atoms. The molecular weight excluding hydrogens is 328 g/mol. The fraction of sp³-hybridized carbons (Fsp3) is 0. The van der Waals surface area contributed by atoms with Gasteiger partial charge >= 0.3 is 0 Å². The lowest BCUT2D eigenvalue weighted by molar-refractivity contribution is 0.476. The van der Waals surface area contributed by atoms with Crippen LogP contribution in [-0.4, -0.2) is 5.11 Å². The zero-order valence-electron chi connectivity index (χ0n) is 14.6. The number of hydrogen-bond acceptors (Lipinski definition) is 1. The Morgan fingerprint density at radius 2 is 0.889 bits per heavy atom. The zero-order chi connectivity index (χ0) is 18.0. The van der Waals surface area contributed by atoms with Crippen molar-refractivity contribution in [2.75, 3.05) is 0 Å². The summed E-state index contributed by atoms with van der Waals surface area (Å²) >= 11 is 0. The van der Waals surface area contributed by atoms with Gasteiger partial charge in [-0.25, -0.2) is 0 Å². The van der Waals surface area contributed by atoms with Gasteiger partial charge in [-0.3, -0.25) is 0 Å². The Morgan fingerprint density at radius 1 is 0.407 bits per heavy atom. The maximum atomic E-state index is 10.1. The van der Waals surface area contributed by atoms with Gasteiger partial charge in [0, 0.05) is 0 Å². The Labute approximate surface area is 156 Å². The Kier molecular flexibility index (Phi) is 2.81. The van der Waals surface area contributed by atoms with Crippen LogP contribution in [0.25, 0.3) is 53.9 Å². The van der Waals surface area contributed by atoms with Crippen LogP contribution >= 0.6 is 0 Å². The van der Waals surface area contributed by atoms with Crippen LogP contribution in [0.3, 0.4) is 0 Å². The second-order valence-corrected chi connectivity index (χ2v) is 7.18. The molecule has 1 heteroatoms. The average Bonchev–Trinajstić information content (AvgIpc) is 2.72. The molecule has 0 unspecified atom stereocenters. The van der Waals surface area contributed by atoms with E-state index in [1.807, 2.05) is 12.1 Å². The predicted molar refractivity (Wildman–Crippen MR) is 116 cm³/mol. The third kappa shape index (κ3) is 2.00. The molecule has 1 nitrogen and oxygen atoms in total. The Hall–Kier alpha value is -3.58. The van der Waals surface area contributed by atoms with E-state index in [0.717, 1.165) is 10.8 Å². The molecule has 6 aromatic rings. The van der Waals surface area contributed by atoms with Crippen molar-refractivity contribution in [1.82, 2.24) is 0 Å². The van der Waals surface area contributed by atoms with E-state index >= 15 is 0 Å². The maximum Gasteiger partial charge on any atom is 0.116 e. The van der Waals surface area contributed by atoms with Gasteiger partial charge in [0.15, 0.2) is 0 Å². The van der Waals surface area contributed by atoms with Crippen LogP contribution in [0.5, 0.6) is 5.75 Å². The Bertz CT molecular complexity index is 1510. The van der Waals surface area contributed by atoms with E-state index in [4.69, 9.17) is 0 Å². The van der Waals surface area contributed by atoms with Crippen LogP contribution in [0.4, 0.5) is 0 Å². The third-order valence-electron chi connectivity index (χ3n) is 5.67. The number of rotatable bonds is 0. The van der Waals surface area contributed by atoms with E-state index in [-0.39, 0.29) is 0 Å². The van der Waals surface area contributed by atoms with Gasteiger partial charge in [-0.1, -0.05) is 78.9 Å². The van der Waals surface area contributed by atoms with Gasteiger partial charge in [-0.2, -0.15) is 0 Å². The monoisotopic (exact) mass is 344 g/mol. The molecule has 0 saturated carbocycles. The van der Waals surface area contributed by atoms with Crippen molar-refractivity contribution < 1.29 is 5.11 Å². The minimum atomic E-state index is 0.303. The first kappa shape index (κ1) is 14.6. The molecule has 0 atom stereocenters. The molecule has 0 aliphatic heterocycles. The van der Waals surface area contributed by atoms with Gasteiger partial charge in [0.25, 0.3) is 0 Å². The number of benzene rings is 6. The third-order valence-corrected chi connectivity index (χ3v) is 5.67. The SMILES string of the molecule is Oc1ccc2ccc3ccc4ccc5ccc6ccccc6c5c4c3c2c1. The van der Waals surface area contributed by atoms with Gasteiger partial charge in [0.1, 0.15) is 5.75 Å². The molecule has 0 radical (unpaired) electrons. The molecule has 6 rings (SSSR count). The van der Waals surface area contributed by atoms with Gasteiger partial charge in [-0.05, 0) is 66.0 Å². The number of fused-ring (bicyclic) bond motifs is 9. The standard InChI is InChI=1S/C26H16O/c27-21-14-13-17-6-8-19-10-12-20-11-9-18-7-5-16-3-1-2-4-22(16)24(18)26(20)25(19)23(17)15-21/h1-15,27H. The first-order valence-electron chi connectivity index (χ1n) is 9.18. The van der Waals surface area contributed by atoms with Crippen LogP contribution in [0, 0.1) is 0 Å². The molecule has 27 heavy (non-hydrogen) atoms. The van der Waals surface area contributed by atoms with Crippen molar-refractivity contribution in [1.29, 1.82) is 0 Å². The summed E-state index contributed by atoms with van der Waals surface area (Å²) in [4.78, 5) is 0. The minimum absolute atomic E-state index is 0.303. The largest absolute Gasteiger partial charge is 0.508 e. The molecule has 0 saturated heterocycles. The quantitative estimate of drug-likeness (QED) is 0.290. The van der Waals surface area contributed by atoms with E-state index in [1.165, 1.54) is 43.1 Å². The van der Waals surface area contributed by atoms with Crippen molar-refractivity contribution in [2.24, 2.45) is 0 Å². The highest BCUT2D eigenvalue weighted by molar-refractivity contribution is 6.32. The van der Waals surface area contributed by atoms with Crippen LogP contribution in [0.15, 0.2) is 91.0 Å². The summed E-state index contributed by atoms with van der Waals surface area (Å²) in [6.07, 6.45) is 0. The summed E-state index contributed by atoms with van der Waals surface area (Å²) in [6.45, 7) is 0. The molecule has 0 aromatic heterocycles. The predicted octanol–water partition coefficient (Wildman–Crippen LogP) is 7.16. The highest BCUT2D eigenvalue weighted by Gasteiger charge is 2.11. The van der Waals surface area contributed by atoms with E-state index in [1.54, 1.807) is 6.07 Å². The maximum absolute atomic E-state index is 10.1. The minimum Gasteiger partial charge on any atom is -0.508 e. The van der Waals surface area contributed by atoms with Gasteiger partial charge in [-0.15, -0.1) is 0 Å². The normalized spacial score (nSPS) is 11.9. The highest BCUT2D eigenvalue weighted by atomic mass is 16.3. The fourth-order valence-electron chi connectivity index (χ4n) is 4.44. The van der Waals surface area contributed by atoms with Crippen molar-refractivity contribution >= 4 is 53.9 Å². The summed E-state index contributed by atoms with van der Waals surface area (Å²) in [5, 5.41) is 22.3. The highest BCUT2D eigenvalue weighted by Crippen LogP contribution is 2.39. The average molecular weight is 344 g/mol. The lowest BCUT2D eigenvalue weighted by atomic mass is 9.91. The van der Waals surface area contributed by atoms with E-state index in [9.17, 15) is 5.11 Å². The lowest BCUT2D eigenvalue weighted by Crippen LogP contribution is -1.85. The van der Waals surface area contributed by atoms with Crippen molar-refractivity contribution in [3.63, 3.8) is 0 Å². The molecule has 126 valence electrons. The Balaban J connectivity index is 2.02. The first-order valence-corrected chi connectivity index (χ1v) is 9.18.